The number of fused-ring (bicyclic) bond motifs is 1. The number of carbonyl (C=O) groups is 1. The van der Waals surface area contributed by atoms with Crippen LogP contribution in [0.5, 0.6) is 5.75 Å². The number of halogens is 3. The van der Waals surface area contributed by atoms with E-state index in [1.165, 1.54) is 42.1 Å². The van der Waals surface area contributed by atoms with Crippen molar-refractivity contribution in [1.29, 1.82) is 0 Å². The maximum atomic E-state index is 14.9. The first-order valence-corrected chi connectivity index (χ1v) is 12.4. The summed E-state index contributed by atoms with van der Waals surface area (Å²) in [4.78, 5) is 20.9. The Morgan fingerprint density at radius 1 is 1.26 bits per heavy atom. The highest BCUT2D eigenvalue weighted by Gasteiger charge is 2.47. The van der Waals surface area contributed by atoms with E-state index < -0.39 is 23.9 Å². The molecule has 4 rings (SSSR count). The molecule has 2 unspecified atom stereocenters. The fourth-order valence-electron chi connectivity index (χ4n) is 3.74. The summed E-state index contributed by atoms with van der Waals surface area (Å²) >= 11 is 1.43. The quantitative estimate of drug-likeness (QED) is 0.555. The Morgan fingerprint density at radius 2 is 2.00 bits per heavy atom. The second-order valence-electron chi connectivity index (χ2n) is 7.13. The average Bonchev–Trinajstić information content (AvgIpc) is 2.87. The minimum atomic E-state index is -2.99. The lowest BCUT2D eigenvalue weighted by atomic mass is 9.76. The van der Waals surface area contributed by atoms with E-state index in [-0.39, 0.29) is 24.0 Å². The van der Waals surface area contributed by atoms with Crippen molar-refractivity contribution in [2.75, 3.05) is 24.3 Å². The molecule has 0 bridgehead atoms. The number of aromatic nitrogens is 1. The number of thioether (sulfide) groups is 1. The highest BCUT2D eigenvalue weighted by atomic mass is 32.2. The number of anilines is 1. The van der Waals surface area contributed by atoms with Crippen molar-refractivity contribution in [3.05, 3.63) is 53.6 Å². The van der Waals surface area contributed by atoms with Crippen molar-refractivity contribution in [2.45, 2.75) is 46.3 Å². The minimum absolute atomic E-state index is 0.0131. The van der Waals surface area contributed by atoms with Gasteiger partial charge in [0, 0.05) is 29.5 Å². The molecule has 0 saturated carbocycles. The number of nitrogens with zero attached hydrogens (tertiary/aromatic N) is 2. The minimum Gasteiger partial charge on any atom is -0.433 e. The van der Waals surface area contributed by atoms with E-state index in [1.54, 1.807) is 0 Å². The van der Waals surface area contributed by atoms with Crippen LogP contribution >= 0.6 is 11.8 Å². The van der Waals surface area contributed by atoms with Crippen LogP contribution in [0.3, 0.4) is 0 Å². The van der Waals surface area contributed by atoms with Crippen LogP contribution in [0.25, 0.3) is 0 Å². The monoisotopic (exact) mass is 512 g/mol. The molecule has 1 aromatic carbocycles. The van der Waals surface area contributed by atoms with Gasteiger partial charge in [0.2, 0.25) is 0 Å². The molecule has 3 N–H and O–H groups in total. The van der Waals surface area contributed by atoms with E-state index >= 15 is 0 Å². The Morgan fingerprint density at radius 3 is 2.66 bits per heavy atom. The molecule has 2 atom stereocenters. The molecule has 2 aromatic rings. The van der Waals surface area contributed by atoms with Crippen molar-refractivity contribution in [3.63, 3.8) is 0 Å². The van der Waals surface area contributed by atoms with Gasteiger partial charge in [0.05, 0.1) is 12.8 Å². The summed E-state index contributed by atoms with van der Waals surface area (Å²) in [7, 11) is 0. The first-order chi connectivity index (χ1) is 16.9. The smallest absolute Gasteiger partial charge is 0.387 e. The van der Waals surface area contributed by atoms with Crippen molar-refractivity contribution >= 4 is 28.5 Å². The molecular weight excluding hydrogens is 481 g/mol. The molecule has 0 radical (unpaired) electrons. The summed E-state index contributed by atoms with van der Waals surface area (Å²) in [6.45, 7) is 5.78. The molecule has 192 valence electrons. The van der Waals surface area contributed by atoms with E-state index in [4.69, 9.17) is 10.5 Å². The average molecular weight is 513 g/mol. The Hall–Kier alpha value is -2.79. The highest BCUT2D eigenvalue weighted by Crippen LogP contribution is 2.45. The molecule has 1 aromatic heterocycles. The number of rotatable bonds is 5. The molecule has 1 fully saturated rings. The third-order valence-corrected chi connectivity index (χ3v) is 6.19. The maximum Gasteiger partial charge on any atom is 0.387 e. The fraction of sp³-hybridized carbons (Fsp3) is 0.458. The summed E-state index contributed by atoms with van der Waals surface area (Å²) < 4.78 is 49.2. The number of benzene rings is 1. The Bertz CT molecular complexity index is 1010. The molecule has 1 saturated heterocycles. The van der Waals surface area contributed by atoms with Gasteiger partial charge in [-0.2, -0.15) is 8.78 Å². The van der Waals surface area contributed by atoms with E-state index in [2.05, 4.69) is 20.0 Å². The summed E-state index contributed by atoms with van der Waals surface area (Å²) in [5.74, 6) is -0.473. The van der Waals surface area contributed by atoms with E-state index in [0.717, 1.165) is 12.6 Å². The number of hydrogen-bond donors (Lipinski definition) is 2. The summed E-state index contributed by atoms with van der Waals surface area (Å²) in [5, 5.41) is 3.01. The number of carbonyl (C=O) groups excluding carboxylic acids is 1. The first-order valence-electron chi connectivity index (χ1n) is 11.5. The molecule has 2 aliphatic rings. The zero-order valence-electron chi connectivity index (χ0n) is 20.2. The van der Waals surface area contributed by atoms with Crippen LogP contribution in [0.1, 0.15) is 50.2 Å². The summed E-state index contributed by atoms with van der Waals surface area (Å²) in [6, 6.07) is 6.67. The number of aliphatic imine (C=N–C) groups is 1. The van der Waals surface area contributed by atoms with Crippen LogP contribution in [0.15, 0.2) is 41.5 Å². The molecule has 7 nitrogen and oxygen atoms in total. The van der Waals surface area contributed by atoms with Gasteiger partial charge in [0.25, 0.3) is 5.91 Å². The van der Waals surface area contributed by atoms with E-state index in [9.17, 15) is 18.0 Å². The summed E-state index contributed by atoms with van der Waals surface area (Å²) in [5.41, 5.74) is 5.62. The third-order valence-electron chi connectivity index (χ3n) is 5.24. The van der Waals surface area contributed by atoms with E-state index in [0.29, 0.717) is 28.8 Å². The van der Waals surface area contributed by atoms with Crippen LogP contribution in [-0.2, 0) is 10.3 Å². The van der Waals surface area contributed by atoms with Gasteiger partial charge in [-0.05, 0) is 36.8 Å². The number of hydrogen-bond acceptors (Lipinski definition) is 7. The zero-order chi connectivity index (χ0) is 26.0. The predicted molar refractivity (Wildman–Crippen MR) is 133 cm³/mol. The summed E-state index contributed by atoms with van der Waals surface area (Å²) in [6.07, 6.45) is 1.74. The van der Waals surface area contributed by atoms with Crippen LogP contribution < -0.4 is 15.8 Å². The predicted octanol–water partition coefficient (Wildman–Crippen LogP) is 5.42. The molecule has 11 heteroatoms. The van der Waals surface area contributed by atoms with Crippen LogP contribution in [0.4, 0.5) is 18.9 Å². The van der Waals surface area contributed by atoms with Gasteiger partial charge in [0.15, 0.2) is 5.17 Å². The van der Waals surface area contributed by atoms with Gasteiger partial charge in [-0.15, -0.1) is 0 Å². The standard InChI is InChI=1S/C20H19F3N4O3S.2C2H6/c21-15-3-1-12(26-17(28)16-4-2-13(8-25-16)30-18(22)23)7-14(15)20-10-29-6-5-11(20)9-31-19(24)27-20;2*1-2/h1-4,7-8,11,18H,5-6,9-10H2,(H2,24,27)(H,26,28);2*1-2H3. The first kappa shape index (κ1) is 28.4. The number of amidine groups is 1. The molecule has 0 aliphatic carbocycles. The number of ether oxygens (including phenoxy) is 2. The molecule has 0 spiro atoms. The lowest BCUT2D eigenvalue weighted by molar-refractivity contribution is -0.0500. The number of nitrogens with two attached hydrogens (primary N) is 1. The van der Waals surface area contributed by atoms with Gasteiger partial charge in [0.1, 0.15) is 22.8 Å². The fourth-order valence-corrected chi connectivity index (χ4v) is 4.79. The second kappa shape index (κ2) is 13.3. The number of amides is 1. The molecular formula is C24H31F3N4O3S. The van der Waals surface area contributed by atoms with Gasteiger partial charge < -0.3 is 20.5 Å². The Kier molecular flexibility index (Phi) is 10.8. The zero-order valence-corrected chi connectivity index (χ0v) is 21.0. The lowest BCUT2D eigenvalue weighted by Gasteiger charge is -2.43. The molecule has 1 amide bonds. The largest absolute Gasteiger partial charge is 0.433 e. The molecule has 3 heterocycles. The highest BCUT2D eigenvalue weighted by molar-refractivity contribution is 8.13. The van der Waals surface area contributed by atoms with Crippen molar-refractivity contribution in [1.82, 2.24) is 4.98 Å². The number of alkyl halides is 2. The van der Waals surface area contributed by atoms with Gasteiger partial charge in [-0.25, -0.2) is 14.4 Å². The molecule has 35 heavy (non-hydrogen) atoms. The van der Waals surface area contributed by atoms with Gasteiger partial charge in [-0.3, -0.25) is 4.79 Å². The lowest BCUT2D eigenvalue weighted by Crippen LogP contribution is -2.48. The number of nitrogens with one attached hydrogen (secondary N) is 1. The maximum absolute atomic E-state index is 14.9. The van der Waals surface area contributed by atoms with Crippen LogP contribution in [0, 0.1) is 11.7 Å². The van der Waals surface area contributed by atoms with Crippen molar-refractivity contribution in [2.24, 2.45) is 16.6 Å². The number of pyridine rings is 1. The van der Waals surface area contributed by atoms with Gasteiger partial charge >= 0.3 is 6.61 Å². The normalized spacial score (nSPS) is 20.8. The Balaban J connectivity index is 0.00000103. The van der Waals surface area contributed by atoms with Crippen LogP contribution in [-0.4, -0.2) is 41.6 Å². The topological polar surface area (TPSA) is 98.8 Å². The van der Waals surface area contributed by atoms with Crippen LogP contribution in [0.2, 0.25) is 0 Å². The Labute approximate surface area is 207 Å². The third kappa shape index (κ3) is 6.88. The van der Waals surface area contributed by atoms with Crippen molar-refractivity contribution < 1.29 is 27.4 Å². The second-order valence-corrected chi connectivity index (χ2v) is 8.17. The molecule has 2 aliphatic heterocycles. The van der Waals surface area contributed by atoms with Gasteiger partial charge in [-0.1, -0.05) is 39.5 Å². The van der Waals surface area contributed by atoms with Crippen molar-refractivity contribution in [3.8, 4) is 5.75 Å². The SMILES string of the molecule is CC.CC.NC1=NC2(c3cc(NC(=O)c4ccc(OC(F)F)cn4)ccc3F)COCCC2CS1. The van der Waals surface area contributed by atoms with E-state index in [1.807, 2.05) is 27.7 Å².